The van der Waals surface area contributed by atoms with Gasteiger partial charge in [0.1, 0.15) is 0 Å². The number of rotatable bonds is 5. The van der Waals surface area contributed by atoms with Gasteiger partial charge < -0.3 is 10.0 Å². The lowest BCUT2D eigenvalue weighted by Crippen LogP contribution is -2.41. The van der Waals surface area contributed by atoms with Crippen molar-refractivity contribution < 1.29 is 14.7 Å². The first-order chi connectivity index (χ1) is 14.7. The van der Waals surface area contributed by atoms with Gasteiger partial charge in [-0.05, 0) is 67.6 Å². The number of anilines is 1. The number of aliphatic hydroxyl groups is 1. The van der Waals surface area contributed by atoms with Crippen molar-refractivity contribution in [2.24, 2.45) is 0 Å². The van der Waals surface area contributed by atoms with Crippen molar-refractivity contribution >= 4 is 17.4 Å². The fraction of sp³-hybridized carbons (Fsp3) is 0.259. The van der Waals surface area contributed by atoms with Gasteiger partial charge in [0.05, 0.1) is 18.7 Å². The molecule has 1 aliphatic heterocycles. The van der Waals surface area contributed by atoms with E-state index in [9.17, 15) is 14.7 Å². The first-order valence-corrected chi connectivity index (χ1v) is 10.5. The van der Waals surface area contributed by atoms with Crippen molar-refractivity contribution in [2.45, 2.75) is 46.3 Å². The predicted octanol–water partition coefficient (Wildman–Crippen LogP) is 4.93. The van der Waals surface area contributed by atoms with Crippen molar-refractivity contribution in [2.75, 3.05) is 4.90 Å². The number of hydrogen-bond acceptors (Lipinski definition) is 3. The molecular weight excluding hydrogens is 386 g/mol. The van der Waals surface area contributed by atoms with Crippen LogP contribution >= 0.6 is 0 Å². The number of aryl methyl sites for hydroxylation is 4. The van der Waals surface area contributed by atoms with Crippen LogP contribution in [0.25, 0.3) is 0 Å². The number of amides is 1. The van der Waals surface area contributed by atoms with E-state index in [1.54, 1.807) is 17.0 Å². The van der Waals surface area contributed by atoms with Crippen LogP contribution in [0.2, 0.25) is 0 Å². The molecule has 31 heavy (non-hydrogen) atoms. The Morgan fingerprint density at radius 1 is 0.871 bits per heavy atom. The van der Waals surface area contributed by atoms with E-state index in [2.05, 4.69) is 0 Å². The summed E-state index contributed by atoms with van der Waals surface area (Å²) < 4.78 is 0. The van der Waals surface area contributed by atoms with E-state index in [0.717, 1.165) is 27.8 Å². The summed E-state index contributed by atoms with van der Waals surface area (Å²) in [5.41, 5.74) is 4.88. The Balaban J connectivity index is 1.71. The molecule has 3 aromatic rings. The maximum atomic E-state index is 13.5. The largest absolute Gasteiger partial charge is 0.375 e. The zero-order valence-corrected chi connectivity index (χ0v) is 18.4. The van der Waals surface area contributed by atoms with Crippen LogP contribution in [0.15, 0.2) is 60.7 Å². The highest BCUT2D eigenvalue weighted by Gasteiger charge is 2.50. The van der Waals surface area contributed by atoms with Crippen LogP contribution in [0.4, 0.5) is 5.69 Å². The molecule has 1 N–H and O–H groups in total. The number of ketones is 1. The smallest absolute Gasteiger partial charge is 0.264 e. The summed E-state index contributed by atoms with van der Waals surface area (Å²) in [6.07, 6.45) is -0.281. The second kappa shape index (κ2) is 7.78. The number of carbonyl (C=O) groups is 2. The lowest BCUT2D eigenvalue weighted by atomic mass is 9.86. The van der Waals surface area contributed by atoms with Gasteiger partial charge in [0, 0.05) is 11.1 Å². The van der Waals surface area contributed by atoms with Gasteiger partial charge in [0.2, 0.25) is 0 Å². The molecule has 1 aliphatic rings. The maximum Gasteiger partial charge on any atom is 0.264 e. The van der Waals surface area contributed by atoms with E-state index in [4.69, 9.17) is 0 Å². The molecule has 4 rings (SSSR count). The van der Waals surface area contributed by atoms with Crippen molar-refractivity contribution in [3.8, 4) is 0 Å². The maximum absolute atomic E-state index is 13.5. The summed E-state index contributed by atoms with van der Waals surface area (Å²) in [5.74, 6) is -0.684. The third-order valence-electron chi connectivity index (χ3n) is 6.39. The Bertz CT molecular complexity index is 1200. The summed E-state index contributed by atoms with van der Waals surface area (Å²) in [6.45, 7) is 8.20. The Hall–Kier alpha value is -3.24. The number of carbonyl (C=O) groups excluding carboxylic acids is 2. The zero-order chi connectivity index (χ0) is 22.3. The standard InChI is InChI=1S/C27H27NO3/c1-17-9-5-6-10-21(17)16-28-24-12-8-7-11-23(24)27(31,26(28)30)15-25(29)22-14-19(3)18(2)13-20(22)4/h5-14,31H,15-16H2,1-4H3. The van der Waals surface area contributed by atoms with E-state index in [1.165, 1.54) is 0 Å². The summed E-state index contributed by atoms with van der Waals surface area (Å²) in [4.78, 5) is 28.3. The van der Waals surface area contributed by atoms with E-state index in [1.807, 2.05) is 76.2 Å². The van der Waals surface area contributed by atoms with Crippen molar-refractivity contribution in [1.82, 2.24) is 0 Å². The van der Waals surface area contributed by atoms with Gasteiger partial charge >= 0.3 is 0 Å². The molecule has 0 bridgehead atoms. The Morgan fingerprint density at radius 2 is 1.52 bits per heavy atom. The van der Waals surface area contributed by atoms with Gasteiger partial charge in [-0.1, -0.05) is 48.5 Å². The number of benzene rings is 3. The molecule has 0 radical (unpaired) electrons. The average molecular weight is 414 g/mol. The highest BCUT2D eigenvalue weighted by molar-refractivity contribution is 6.11. The zero-order valence-electron chi connectivity index (χ0n) is 18.4. The third-order valence-corrected chi connectivity index (χ3v) is 6.39. The number of para-hydroxylation sites is 1. The molecular formula is C27H27NO3. The van der Waals surface area contributed by atoms with Crippen LogP contribution < -0.4 is 4.90 Å². The van der Waals surface area contributed by atoms with Gasteiger partial charge in [-0.15, -0.1) is 0 Å². The summed E-state index contributed by atoms with van der Waals surface area (Å²) >= 11 is 0. The molecule has 1 atom stereocenters. The van der Waals surface area contributed by atoms with E-state index in [-0.39, 0.29) is 12.2 Å². The highest BCUT2D eigenvalue weighted by Crippen LogP contribution is 2.43. The highest BCUT2D eigenvalue weighted by atomic mass is 16.3. The van der Waals surface area contributed by atoms with E-state index >= 15 is 0 Å². The second-order valence-electron chi connectivity index (χ2n) is 8.55. The first-order valence-electron chi connectivity index (χ1n) is 10.5. The average Bonchev–Trinajstić information content (AvgIpc) is 2.94. The Morgan fingerprint density at radius 3 is 2.26 bits per heavy atom. The Kier molecular flexibility index (Phi) is 5.28. The third kappa shape index (κ3) is 3.57. The van der Waals surface area contributed by atoms with Gasteiger partial charge in [0.15, 0.2) is 11.4 Å². The molecule has 0 saturated carbocycles. The minimum atomic E-state index is -1.87. The van der Waals surface area contributed by atoms with Crippen LogP contribution in [-0.4, -0.2) is 16.8 Å². The van der Waals surface area contributed by atoms with Crippen LogP contribution in [0.5, 0.6) is 0 Å². The number of fused-ring (bicyclic) bond motifs is 1. The van der Waals surface area contributed by atoms with Crippen molar-refractivity contribution in [3.05, 3.63) is 99.6 Å². The SMILES string of the molecule is Cc1cc(C)c(C(=O)CC2(O)C(=O)N(Cc3ccccc3C)c3ccccc32)cc1C. The molecule has 0 spiro atoms. The minimum Gasteiger partial charge on any atom is -0.375 e. The lowest BCUT2D eigenvalue weighted by molar-refractivity contribution is -0.136. The normalized spacial score (nSPS) is 17.7. The number of Topliss-reactive ketones (excluding diaryl/α,β-unsaturated/α-hetero) is 1. The summed E-state index contributed by atoms with van der Waals surface area (Å²) in [6, 6.07) is 18.9. The molecule has 4 heteroatoms. The van der Waals surface area contributed by atoms with Gasteiger partial charge in [0.25, 0.3) is 5.91 Å². The van der Waals surface area contributed by atoms with Crippen molar-refractivity contribution in [3.63, 3.8) is 0 Å². The molecule has 3 aromatic carbocycles. The van der Waals surface area contributed by atoms with Crippen LogP contribution in [0.3, 0.4) is 0 Å². The Labute approximate surface area is 183 Å². The van der Waals surface area contributed by atoms with E-state index in [0.29, 0.717) is 23.4 Å². The van der Waals surface area contributed by atoms with Gasteiger partial charge in [-0.25, -0.2) is 0 Å². The summed E-state index contributed by atoms with van der Waals surface area (Å²) in [5, 5.41) is 11.6. The van der Waals surface area contributed by atoms with Crippen LogP contribution in [0.1, 0.15) is 50.2 Å². The predicted molar refractivity (Wildman–Crippen MR) is 122 cm³/mol. The number of hydrogen-bond donors (Lipinski definition) is 1. The summed E-state index contributed by atoms with van der Waals surface area (Å²) in [7, 11) is 0. The minimum absolute atomic E-state index is 0.232. The second-order valence-corrected chi connectivity index (χ2v) is 8.55. The molecule has 0 fully saturated rings. The monoisotopic (exact) mass is 413 g/mol. The molecule has 4 nitrogen and oxygen atoms in total. The van der Waals surface area contributed by atoms with Crippen LogP contribution in [0, 0.1) is 27.7 Å². The fourth-order valence-corrected chi connectivity index (χ4v) is 4.38. The lowest BCUT2D eigenvalue weighted by Gasteiger charge is -2.23. The molecule has 158 valence electrons. The molecule has 1 unspecified atom stereocenters. The van der Waals surface area contributed by atoms with Gasteiger partial charge in [-0.2, -0.15) is 0 Å². The molecule has 1 amide bonds. The molecule has 1 heterocycles. The quantitative estimate of drug-likeness (QED) is 0.604. The topological polar surface area (TPSA) is 57.6 Å². The van der Waals surface area contributed by atoms with Crippen LogP contribution in [-0.2, 0) is 16.9 Å². The van der Waals surface area contributed by atoms with Crippen molar-refractivity contribution in [1.29, 1.82) is 0 Å². The van der Waals surface area contributed by atoms with E-state index < -0.39 is 11.5 Å². The van der Waals surface area contributed by atoms with Gasteiger partial charge in [-0.3, -0.25) is 9.59 Å². The number of nitrogens with zero attached hydrogens (tertiary/aromatic N) is 1. The molecule has 0 aliphatic carbocycles. The first kappa shape index (κ1) is 21.0. The molecule has 0 aromatic heterocycles. The fourth-order valence-electron chi connectivity index (χ4n) is 4.38. The molecule has 0 saturated heterocycles.